The van der Waals surface area contributed by atoms with Gasteiger partial charge in [0.05, 0.1) is 5.60 Å². The van der Waals surface area contributed by atoms with Gasteiger partial charge in [-0.3, -0.25) is 4.79 Å². The molecule has 3 aliphatic rings. The second-order valence-electron chi connectivity index (χ2n) is 11.2. The van der Waals surface area contributed by atoms with Gasteiger partial charge in [-0.2, -0.15) is 0 Å². The number of likely N-dealkylation sites (tertiary alicyclic amines) is 1. The maximum Gasteiger partial charge on any atom is 0.248 e. The number of hydrogen-bond donors (Lipinski definition) is 1. The minimum atomic E-state index is -2.75. The Morgan fingerprint density at radius 2 is 1.67 bits per heavy atom. The molecule has 6 rings (SSSR count). The highest BCUT2D eigenvalue weighted by atomic mass is 19.3. The van der Waals surface area contributed by atoms with Crippen molar-refractivity contribution in [3.8, 4) is 5.69 Å². The summed E-state index contributed by atoms with van der Waals surface area (Å²) in [5.74, 6) is -3.77. The molecule has 2 fully saturated rings. The second-order valence-corrected chi connectivity index (χ2v) is 11.2. The molecule has 2 atom stereocenters. The average molecular weight is 533 g/mol. The number of alkyl halides is 2. The molecule has 0 unspecified atom stereocenters. The number of aromatic nitrogens is 1. The molecule has 204 valence electrons. The van der Waals surface area contributed by atoms with Gasteiger partial charge in [-0.05, 0) is 43.0 Å². The summed E-state index contributed by atoms with van der Waals surface area (Å²) in [6.07, 6.45) is 4.57. The molecule has 2 aliphatic heterocycles. The summed E-state index contributed by atoms with van der Waals surface area (Å²) < 4.78 is 30.8. The maximum atomic E-state index is 14.3. The first-order valence-corrected chi connectivity index (χ1v) is 13.8. The minimum Gasteiger partial charge on any atom is -0.388 e. The normalized spacial score (nSPS) is 23.9. The number of halogens is 2. The van der Waals surface area contributed by atoms with Crippen LogP contribution in [0.15, 0.2) is 77.9 Å². The van der Waals surface area contributed by atoms with Crippen molar-refractivity contribution in [2.24, 2.45) is 10.9 Å². The topological polar surface area (TPSA) is 61.1 Å². The van der Waals surface area contributed by atoms with E-state index in [-0.39, 0.29) is 25.2 Å². The summed E-state index contributed by atoms with van der Waals surface area (Å²) >= 11 is 0. The lowest BCUT2D eigenvalue weighted by atomic mass is 9.73. The third kappa shape index (κ3) is 5.35. The third-order valence-corrected chi connectivity index (χ3v) is 8.52. The number of benzene rings is 2. The van der Waals surface area contributed by atoms with Crippen LogP contribution in [-0.4, -0.2) is 63.2 Å². The summed E-state index contributed by atoms with van der Waals surface area (Å²) in [5, 5.41) is 12.4. The van der Waals surface area contributed by atoms with Crippen LogP contribution in [0.1, 0.15) is 43.6 Å². The van der Waals surface area contributed by atoms with Crippen LogP contribution in [0, 0.1) is 5.92 Å². The van der Waals surface area contributed by atoms with Crippen molar-refractivity contribution in [2.75, 3.05) is 26.3 Å². The zero-order valence-electron chi connectivity index (χ0n) is 21.9. The van der Waals surface area contributed by atoms with E-state index in [1.807, 2.05) is 84.0 Å². The Kier molecular flexibility index (Phi) is 6.75. The summed E-state index contributed by atoms with van der Waals surface area (Å²) in [6, 6.07) is 21.3. The van der Waals surface area contributed by atoms with Gasteiger partial charge in [0, 0.05) is 67.6 Å². The predicted octanol–water partition coefficient (Wildman–Crippen LogP) is 3.68. The van der Waals surface area contributed by atoms with Gasteiger partial charge < -0.3 is 19.5 Å². The zero-order chi connectivity index (χ0) is 27.0. The van der Waals surface area contributed by atoms with Crippen molar-refractivity contribution in [3.05, 3.63) is 89.2 Å². The van der Waals surface area contributed by atoms with Gasteiger partial charge in [0.15, 0.2) is 0 Å². The molecule has 39 heavy (non-hydrogen) atoms. The van der Waals surface area contributed by atoms with Crippen LogP contribution < -0.4 is 10.7 Å². The number of carbonyl (C=O) groups excluding carboxylic acids is 1. The molecule has 0 spiro atoms. The molecule has 1 aliphatic carbocycles. The van der Waals surface area contributed by atoms with Crippen molar-refractivity contribution in [2.45, 2.75) is 49.5 Å². The number of carbonyl (C=O) groups is 1. The van der Waals surface area contributed by atoms with E-state index in [0.29, 0.717) is 39.1 Å². The number of amides is 1. The number of rotatable bonds is 5. The molecule has 1 saturated carbocycles. The molecular formula is C31H34F2N4O2. The summed E-state index contributed by atoms with van der Waals surface area (Å²) in [6.45, 7) is 1.72. The number of piperidine rings is 1. The van der Waals surface area contributed by atoms with E-state index in [9.17, 15) is 18.7 Å². The highest BCUT2D eigenvalue weighted by molar-refractivity contribution is 5.80. The molecular weight excluding hydrogens is 498 g/mol. The van der Waals surface area contributed by atoms with Gasteiger partial charge in [-0.15, -0.1) is 0 Å². The molecule has 3 aromatic rings. The van der Waals surface area contributed by atoms with Crippen LogP contribution in [-0.2, 0) is 4.79 Å². The molecule has 0 radical (unpaired) electrons. The maximum absolute atomic E-state index is 14.3. The third-order valence-electron chi connectivity index (χ3n) is 8.52. The zero-order valence-corrected chi connectivity index (χ0v) is 21.9. The highest BCUT2D eigenvalue weighted by Gasteiger charge is 2.46. The number of fused-ring (bicyclic) bond motifs is 1. The van der Waals surface area contributed by atoms with Crippen LogP contribution in [0.25, 0.3) is 11.9 Å². The Balaban J connectivity index is 1.11. The van der Waals surface area contributed by atoms with Crippen LogP contribution in [0.5, 0.6) is 0 Å². The van der Waals surface area contributed by atoms with Crippen LogP contribution >= 0.6 is 0 Å². The van der Waals surface area contributed by atoms with Crippen LogP contribution in [0.4, 0.5) is 8.78 Å². The number of hydrogen-bond acceptors (Lipinski definition) is 4. The average Bonchev–Trinajstić information content (AvgIpc) is 3.37. The fourth-order valence-electron chi connectivity index (χ4n) is 6.39. The lowest BCUT2D eigenvalue weighted by Crippen LogP contribution is -2.54. The summed E-state index contributed by atoms with van der Waals surface area (Å²) in [5.41, 5.74) is 1.81. The molecule has 1 amide bonds. The van der Waals surface area contributed by atoms with Gasteiger partial charge in [0.2, 0.25) is 11.8 Å². The largest absolute Gasteiger partial charge is 0.388 e. The van der Waals surface area contributed by atoms with Crippen molar-refractivity contribution in [1.29, 1.82) is 0 Å². The van der Waals surface area contributed by atoms with E-state index in [2.05, 4.69) is 4.57 Å². The molecule has 1 aromatic heterocycles. The minimum absolute atomic E-state index is 0.0622. The lowest BCUT2D eigenvalue weighted by Gasteiger charge is -2.43. The molecule has 8 heteroatoms. The Bertz CT molecular complexity index is 1430. The standard InChI is InChI=1S/C31H34F2N4O2/c32-31(33)13-11-26(27(19-31)23-7-3-1-4-8-23)29(38)36-17-14-30(39,15-18-36)21-35-20-24-12-16-37(28(24)34-22-35)25-9-5-2-6-10-25/h1-10,12,16,20,26-27,39H,11,13-15,17-19,21-22H2/t26-,27+/m1/s1. The number of nitrogens with zero attached hydrogens (tertiary/aromatic N) is 4. The van der Waals surface area contributed by atoms with E-state index in [1.165, 1.54) is 0 Å². The first-order chi connectivity index (χ1) is 18.8. The highest BCUT2D eigenvalue weighted by Crippen LogP contribution is 2.46. The van der Waals surface area contributed by atoms with E-state index < -0.39 is 23.4 Å². The molecule has 6 nitrogen and oxygen atoms in total. The van der Waals surface area contributed by atoms with Gasteiger partial charge >= 0.3 is 0 Å². The number of para-hydroxylation sites is 1. The molecule has 3 heterocycles. The SMILES string of the molecule is O=C([C@@H]1CCC(F)(F)C[C@H]1c1ccccc1)N1CCC(O)(CN2C=c3ccn(-c4ccccc4)c3=NC2)CC1. The number of β-amino-alcohol motifs (C(OH)–C–C–N with tert-alkyl or cyclic N) is 1. The molecule has 2 aromatic carbocycles. The fraction of sp³-hybridized carbons (Fsp3) is 0.419. The van der Waals surface area contributed by atoms with Crippen LogP contribution in [0.2, 0.25) is 0 Å². The van der Waals surface area contributed by atoms with Gasteiger partial charge in [-0.25, -0.2) is 13.8 Å². The van der Waals surface area contributed by atoms with E-state index in [0.717, 1.165) is 22.0 Å². The van der Waals surface area contributed by atoms with Gasteiger partial charge in [0.25, 0.3) is 0 Å². The van der Waals surface area contributed by atoms with Gasteiger partial charge in [0.1, 0.15) is 12.2 Å². The fourth-order valence-corrected chi connectivity index (χ4v) is 6.39. The molecule has 0 bridgehead atoms. The van der Waals surface area contributed by atoms with Crippen molar-refractivity contribution in [1.82, 2.24) is 14.4 Å². The molecule has 1 N–H and O–H groups in total. The van der Waals surface area contributed by atoms with Crippen LogP contribution in [0.3, 0.4) is 0 Å². The summed E-state index contributed by atoms with van der Waals surface area (Å²) in [7, 11) is 0. The summed E-state index contributed by atoms with van der Waals surface area (Å²) in [4.78, 5) is 22.2. The first kappa shape index (κ1) is 25.7. The van der Waals surface area contributed by atoms with Crippen molar-refractivity contribution in [3.63, 3.8) is 0 Å². The van der Waals surface area contributed by atoms with Crippen molar-refractivity contribution < 1.29 is 18.7 Å². The van der Waals surface area contributed by atoms with E-state index in [4.69, 9.17) is 4.99 Å². The Morgan fingerprint density at radius 3 is 2.38 bits per heavy atom. The smallest absolute Gasteiger partial charge is 0.248 e. The van der Waals surface area contributed by atoms with Gasteiger partial charge in [-0.1, -0.05) is 48.5 Å². The Morgan fingerprint density at radius 1 is 0.974 bits per heavy atom. The lowest BCUT2D eigenvalue weighted by molar-refractivity contribution is -0.145. The van der Waals surface area contributed by atoms with Crippen molar-refractivity contribution >= 4 is 12.1 Å². The monoisotopic (exact) mass is 532 g/mol. The predicted molar refractivity (Wildman–Crippen MR) is 145 cm³/mol. The Hall–Kier alpha value is -3.52. The molecule has 1 saturated heterocycles. The first-order valence-electron chi connectivity index (χ1n) is 13.8. The quantitative estimate of drug-likeness (QED) is 0.546. The second kappa shape index (κ2) is 10.2. The number of aliphatic hydroxyl groups is 1. The van der Waals surface area contributed by atoms with E-state index in [1.54, 1.807) is 4.90 Å². The Labute approximate surface area is 226 Å². The van der Waals surface area contributed by atoms with E-state index >= 15 is 0 Å².